The molecule has 0 bridgehead atoms. The van der Waals surface area contributed by atoms with Crippen LogP contribution in [0.4, 0.5) is 5.69 Å². The van der Waals surface area contributed by atoms with Crippen molar-refractivity contribution in [3.05, 3.63) is 43.0 Å². The molecule has 2 N–H and O–H groups in total. The van der Waals surface area contributed by atoms with Crippen LogP contribution in [0.25, 0.3) is 0 Å². The zero-order valence-corrected chi connectivity index (χ0v) is 9.43. The van der Waals surface area contributed by atoms with Gasteiger partial charge in [0.25, 0.3) is 0 Å². The first-order chi connectivity index (χ1) is 7.79. The fourth-order valence-corrected chi connectivity index (χ4v) is 1.50. The Morgan fingerprint density at radius 1 is 1.31 bits per heavy atom. The molecule has 0 aliphatic heterocycles. The molecule has 0 heterocycles. The van der Waals surface area contributed by atoms with E-state index in [0.717, 1.165) is 18.5 Å². The fraction of sp³-hybridized carbons (Fsp3) is 0.308. The van der Waals surface area contributed by atoms with Crippen molar-refractivity contribution in [2.24, 2.45) is 5.73 Å². The Morgan fingerprint density at radius 3 is 2.56 bits per heavy atom. The van der Waals surface area contributed by atoms with Gasteiger partial charge in [-0.2, -0.15) is 0 Å². The molecule has 1 aromatic rings. The van der Waals surface area contributed by atoms with Gasteiger partial charge in [-0.05, 0) is 37.6 Å². The zero-order chi connectivity index (χ0) is 11.8. The van der Waals surface area contributed by atoms with E-state index in [1.165, 1.54) is 6.08 Å². The lowest BCUT2D eigenvalue weighted by Crippen LogP contribution is -2.30. The predicted octanol–water partition coefficient (Wildman–Crippen LogP) is 1.94. The van der Waals surface area contributed by atoms with E-state index in [-0.39, 0.29) is 5.91 Å². The van der Waals surface area contributed by atoms with Crippen molar-refractivity contribution in [1.29, 1.82) is 0 Å². The summed E-state index contributed by atoms with van der Waals surface area (Å²) in [6.45, 7) is 4.86. The van der Waals surface area contributed by atoms with E-state index < -0.39 is 0 Å². The van der Waals surface area contributed by atoms with Crippen molar-refractivity contribution in [3.63, 3.8) is 0 Å². The molecule has 3 nitrogen and oxygen atoms in total. The van der Waals surface area contributed by atoms with Gasteiger partial charge >= 0.3 is 0 Å². The molecule has 1 aromatic carbocycles. The second-order valence-corrected chi connectivity index (χ2v) is 3.53. The van der Waals surface area contributed by atoms with Gasteiger partial charge in [-0.3, -0.25) is 4.79 Å². The summed E-state index contributed by atoms with van der Waals surface area (Å²) < 4.78 is 0. The summed E-state index contributed by atoms with van der Waals surface area (Å²) in [4.78, 5) is 13.4. The number of nitrogens with zero attached hydrogens (tertiary/aromatic N) is 1. The lowest BCUT2D eigenvalue weighted by atomic mass is 10.2. The summed E-state index contributed by atoms with van der Waals surface area (Å²) in [5, 5.41) is 0. The number of nitrogens with two attached hydrogens (primary N) is 1. The summed E-state index contributed by atoms with van der Waals surface area (Å²) in [6, 6.07) is 9.61. The molecule has 0 aromatic heterocycles. The van der Waals surface area contributed by atoms with Crippen molar-refractivity contribution in [2.75, 3.05) is 18.0 Å². The molecule has 16 heavy (non-hydrogen) atoms. The number of amides is 1. The smallest absolute Gasteiger partial charge is 0.250 e. The molecule has 0 aliphatic carbocycles. The number of benzene rings is 1. The number of carbonyl (C=O) groups excluding carboxylic acids is 1. The zero-order valence-electron chi connectivity index (χ0n) is 9.43. The quantitative estimate of drug-likeness (QED) is 0.586. The Morgan fingerprint density at radius 2 is 2.00 bits per heavy atom. The Bertz CT molecular complexity index is 335. The Balaban J connectivity index is 2.71. The van der Waals surface area contributed by atoms with Crippen molar-refractivity contribution >= 4 is 11.6 Å². The molecule has 0 spiro atoms. The molecule has 3 heteroatoms. The third-order valence-electron chi connectivity index (χ3n) is 2.34. The number of anilines is 1. The molecule has 0 radical (unpaired) electrons. The summed E-state index contributed by atoms with van der Waals surface area (Å²) in [6.07, 6.45) is 3.17. The highest BCUT2D eigenvalue weighted by molar-refractivity contribution is 6.00. The molecule has 0 saturated carbocycles. The normalized spacial score (nSPS) is 9.81. The molecule has 0 fully saturated rings. The highest BCUT2D eigenvalue weighted by atomic mass is 16.2. The molecule has 0 unspecified atom stereocenters. The largest absolute Gasteiger partial charge is 0.330 e. The minimum absolute atomic E-state index is 0.0665. The van der Waals surface area contributed by atoms with E-state index in [0.29, 0.717) is 13.1 Å². The number of unbranched alkanes of at least 4 members (excludes halogenated alkanes) is 1. The van der Waals surface area contributed by atoms with Crippen LogP contribution >= 0.6 is 0 Å². The summed E-state index contributed by atoms with van der Waals surface area (Å²) in [5.41, 5.74) is 6.35. The maximum absolute atomic E-state index is 11.7. The number of carbonyl (C=O) groups is 1. The Labute approximate surface area is 96.6 Å². The Kier molecular flexibility index (Phi) is 5.29. The van der Waals surface area contributed by atoms with Crippen LogP contribution in [0, 0.1) is 0 Å². The van der Waals surface area contributed by atoms with Crippen LogP contribution in [0.1, 0.15) is 12.8 Å². The lowest BCUT2D eigenvalue weighted by Gasteiger charge is -2.21. The van der Waals surface area contributed by atoms with Gasteiger partial charge in [0.1, 0.15) is 0 Å². The van der Waals surface area contributed by atoms with Gasteiger partial charge < -0.3 is 10.6 Å². The van der Waals surface area contributed by atoms with E-state index in [1.807, 2.05) is 30.3 Å². The molecular formula is C13H18N2O. The molecular weight excluding hydrogens is 200 g/mol. The van der Waals surface area contributed by atoms with Gasteiger partial charge in [-0.1, -0.05) is 24.8 Å². The minimum Gasteiger partial charge on any atom is -0.330 e. The Hall–Kier alpha value is -1.61. The summed E-state index contributed by atoms with van der Waals surface area (Å²) in [5.74, 6) is -0.0665. The highest BCUT2D eigenvalue weighted by Gasteiger charge is 2.11. The minimum atomic E-state index is -0.0665. The third-order valence-corrected chi connectivity index (χ3v) is 2.34. The maximum Gasteiger partial charge on any atom is 0.250 e. The molecule has 0 saturated heterocycles. The number of hydrogen-bond acceptors (Lipinski definition) is 2. The molecule has 0 aliphatic rings. The second-order valence-electron chi connectivity index (χ2n) is 3.53. The van der Waals surface area contributed by atoms with E-state index in [9.17, 15) is 4.79 Å². The molecule has 86 valence electrons. The van der Waals surface area contributed by atoms with E-state index >= 15 is 0 Å². The lowest BCUT2D eigenvalue weighted by molar-refractivity contribution is -0.114. The van der Waals surface area contributed by atoms with Gasteiger partial charge in [0.15, 0.2) is 0 Å². The average molecular weight is 218 g/mol. The number of rotatable bonds is 6. The summed E-state index contributed by atoms with van der Waals surface area (Å²) in [7, 11) is 0. The van der Waals surface area contributed by atoms with Gasteiger partial charge in [0.2, 0.25) is 5.91 Å². The second kappa shape index (κ2) is 6.80. The monoisotopic (exact) mass is 218 g/mol. The highest BCUT2D eigenvalue weighted by Crippen LogP contribution is 2.14. The van der Waals surface area contributed by atoms with E-state index in [1.54, 1.807) is 4.90 Å². The van der Waals surface area contributed by atoms with Gasteiger partial charge in [0.05, 0.1) is 0 Å². The molecule has 1 amide bonds. The van der Waals surface area contributed by atoms with Crippen molar-refractivity contribution in [2.45, 2.75) is 12.8 Å². The van der Waals surface area contributed by atoms with Gasteiger partial charge in [0, 0.05) is 12.2 Å². The third kappa shape index (κ3) is 3.51. The van der Waals surface area contributed by atoms with Crippen LogP contribution < -0.4 is 10.6 Å². The van der Waals surface area contributed by atoms with E-state index in [4.69, 9.17) is 5.73 Å². The van der Waals surface area contributed by atoms with Crippen LogP contribution in [0.2, 0.25) is 0 Å². The summed E-state index contributed by atoms with van der Waals surface area (Å²) >= 11 is 0. The number of para-hydroxylation sites is 1. The fourth-order valence-electron chi connectivity index (χ4n) is 1.50. The standard InChI is InChI=1S/C13H18N2O/c1-2-13(16)15(11-7-6-10-14)12-8-4-3-5-9-12/h2-5,8-9H,1,6-7,10-11,14H2. The van der Waals surface area contributed by atoms with Gasteiger partial charge in [-0.25, -0.2) is 0 Å². The first-order valence-electron chi connectivity index (χ1n) is 5.48. The van der Waals surface area contributed by atoms with Crippen molar-refractivity contribution in [1.82, 2.24) is 0 Å². The SMILES string of the molecule is C=CC(=O)N(CCCCN)c1ccccc1. The van der Waals surface area contributed by atoms with Crippen LogP contribution in [-0.4, -0.2) is 19.0 Å². The first kappa shape index (κ1) is 12.5. The van der Waals surface area contributed by atoms with Gasteiger partial charge in [-0.15, -0.1) is 0 Å². The maximum atomic E-state index is 11.7. The van der Waals surface area contributed by atoms with Crippen molar-refractivity contribution < 1.29 is 4.79 Å². The molecule has 1 rings (SSSR count). The predicted molar refractivity (Wildman–Crippen MR) is 67.3 cm³/mol. The van der Waals surface area contributed by atoms with Crippen LogP contribution in [0.3, 0.4) is 0 Å². The topological polar surface area (TPSA) is 46.3 Å². The van der Waals surface area contributed by atoms with Crippen molar-refractivity contribution in [3.8, 4) is 0 Å². The first-order valence-corrected chi connectivity index (χ1v) is 5.48. The number of hydrogen-bond donors (Lipinski definition) is 1. The van der Waals surface area contributed by atoms with Crippen LogP contribution in [0.5, 0.6) is 0 Å². The van der Waals surface area contributed by atoms with Crippen LogP contribution in [-0.2, 0) is 4.79 Å². The van der Waals surface area contributed by atoms with Crippen LogP contribution in [0.15, 0.2) is 43.0 Å². The van der Waals surface area contributed by atoms with E-state index in [2.05, 4.69) is 6.58 Å². The average Bonchev–Trinajstić information content (AvgIpc) is 2.35. The molecule has 0 atom stereocenters.